The van der Waals surface area contributed by atoms with Crippen LogP contribution in [0.1, 0.15) is 29.8 Å². The quantitative estimate of drug-likeness (QED) is 0.118. The van der Waals surface area contributed by atoms with E-state index in [1.807, 2.05) is 0 Å². The van der Waals surface area contributed by atoms with Crippen LogP contribution >= 0.6 is 0 Å². The van der Waals surface area contributed by atoms with Crippen molar-refractivity contribution in [2.24, 2.45) is 26.2 Å². The molecule has 3 aromatic rings. The van der Waals surface area contributed by atoms with Crippen molar-refractivity contribution in [1.29, 1.82) is 0 Å². The van der Waals surface area contributed by atoms with E-state index in [9.17, 15) is 36.4 Å². The first-order chi connectivity index (χ1) is 19.2. The van der Waals surface area contributed by atoms with Gasteiger partial charge in [0.2, 0.25) is 10.0 Å². The summed E-state index contributed by atoms with van der Waals surface area (Å²) in [5, 5.41) is 35.2. The number of nitrogen functional groups attached to an aromatic ring is 1. The molecule has 0 bridgehead atoms. The first-order valence-corrected chi connectivity index (χ1v) is 14.7. The third kappa shape index (κ3) is 6.90. The summed E-state index contributed by atoms with van der Waals surface area (Å²) in [7, 11) is -8.84. The van der Waals surface area contributed by atoms with Crippen LogP contribution in [0.25, 0.3) is 0 Å². The van der Waals surface area contributed by atoms with E-state index < -0.39 is 42.4 Å². The van der Waals surface area contributed by atoms with E-state index in [0.717, 1.165) is 18.2 Å². The summed E-state index contributed by atoms with van der Waals surface area (Å²) in [5.41, 5.74) is 10.6. The first-order valence-electron chi connectivity index (χ1n) is 11.9. The van der Waals surface area contributed by atoms with E-state index in [4.69, 9.17) is 11.5 Å². The SMILES string of the molecule is CCN(CC)S(=O)(=O)c1ccc(O)c(N=Nc2c(N)c(S(=O)(=O)O)cc(N=Nc3cccc(C(=O)O)c3)c2CN)c1. The lowest BCUT2D eigenvalue weighted by Gasteiger charge is -2.18. The zero-order valence-electron chi connectivity index (χ0n) is 21.8. The van der Waals surface area contributed by atoms with Crippen LogP contribution in [0.5, 0.6) is 5.75 Å². The second-order valence-corrected chi connectivity index (χ2v) is 11.6. The summed E-state index contributed by atoms with van der Waals surface area (Å²) in [5.74, 6) is -1.64. The van der Waals surface area contributed by atoms with Gasteiger partial charge in [-0.3, -0.25) is 4.55 Å². The Balaban J connectivity index is 2.19. The van der Waals surface area contributed by atoms with Crippen molar-refractivity contribution < 1.29 is 36.4 Å². The maximum atomic E-state index is 12.9. The van der Waals surface area contributed by atoms with Crippen LogP contribution in [0.2, 0.25) is 0 Å². The molecule has 0 unspecified atom stereocenters. The second-order valence-electron chi connectivity index (χ2n) is 8.31. The molecule has 17 heteroatoms. The van der Waals surface area contributed by atoms with Gasteiger partial charge in [-0.25, -0.2) is 13.2 Å². The molecule has 7 N–H and O–H groups in total. The van der Waals surface area contributed by atoms with Gasteiger partial charge in [-0.1, -0.05) is 19.9 Å². The highest BCUT2D eigenvalue weighted by Gasteiger charge is 2.25. The molecule has 0 saturated carbocycles. The number of phenols is 1. The fourth-order valence-corrected chi connectivity index (χ4v) is 5.79. The number of carboxylic acids is 1. The van der Waals surface area contributed by atoms with Gasteiger partial charge in [-0.05, 0) is 42.5 Å². The van der Waals surface area contributed by atoms with Crippen LogP contribution < -0.4 is 11.5 Å². The summed E-state index contributed by atoms with van der Waals surface area (Å²) < 4.78 is 61.0. The predicted molar refractivity (Wildman–Crippen MR) is 149 cm³/mol. The molecule has 218 valence electrons. The molecule has 0 aliphatic heterocycles. The second kappa shape index (κ2) is 12.5. The number of hydrogen-bond donors (Lipinski definition) is 5. The number of sulfonamides is 1. The van der Waals surface area contributed by atoms with E-state index >= 15 is 0 Å². The number of phenolic OH excluding ortho intramolecular Hbond substituents is 1. The number of azo groups is 2. The van der Waals surface area contributed by atoms with Crippen molar-refractivity contribution in [3.63, 3.8) is 0 Å². The lowest BCUT2D eigenvalue weighted by atomic mass is 10.1. The monoisotopic (exact) mass is 605 g/mol. The Bertz CT molecular complexity index is 1750. The van der Waals surface area contributed by atoms with Gasteiger partial charge in [0, 0.05) is 25.2 Å². The highest BCUT2D eigenvalue weighted by molar-refractivity contribution is 7.89. The molecule has 0 spiro atoms. The van der Waals surface area contributed by atoms with Crippen molar-refractivity contribution in [3.05, 3.63) is 59.7 Å². The minimum Gasteiger partial charge on any atom is -0.506 e. The fourth-order valence-electron chi connectivity index (χ4n) is 3.68. The van der Waals surface area contributed by atoms with Gasteiger partial charge in [0.25, 0.3) is 10.1 Å². The molecule has 41 heavy (non-hydrogen) atoms. The third-order valence-corrected chi connectivity index (χ3v) is 8.72. The minimum absolute atomic E-state index is 0.0307. The van der Waals surface area contributed by atoms with Crippen LogP contribution in [0, 0.1) is 0 Å². The highest BCUT2D eigenvalue weighted by atomic mass is 32.2. The zero-order chi connectivity index (χ0) is 30.5. The van der Waals surface area contributed by atoms with Crippen LogP contribution in [0.3, 0.4) is 0 Å². The molecule has 0 fully saturated rings. The van der Waals surface area contributed by atoms with Gasteiger partial charge in [-0.2, -0.15) is 23.0 Å². The summed E-state index contributed by atoms with van der Waals surface area (Å²) in [6.07, 6.45) is 0. The predicted octanol–water partition coefficient (Wildman–Crippen LogP) is 4.24. The van der Waals surface area contributed by atoms with E-state index in [1.165, 1.54) is 34.6 Å². The number of anilines is 1. The van der Waals surface area contributed by atoms with Crippen LogP contribution in [-0.2, 0) is 26.7 Å². The van der Waals surface area contributed by atoms with Gasteiger partial charge in [-0.15, -0.1) is 10.2 Å². The molecule has 3 rings (SSSR count). The number of aromatic hydroxyl groups is 1. The molecule has 0 atom stereocenters. The molecule has 15 nitrogen and oxygen atoms in total. The third-order valence-electron chi connectivity index (χ3n) is 5.78. The summed E-state index contributed by atoms with van der Waals surface area (Å²) in [6, 6.07) is 9.71. The highest BCUT2D eigenvalue weighted by Crippen LogP contribution is 2.41. The number of nitrogens with zero attached hydrogens (tertiary/aromatic N) is 5. The van der Waals surface area contributed by atoms with Crippen molar-refractivity contribution in [2.45, 2.75) is 30.2 Å². The van der Waals surface area contributed by atoms with E-state index in [2.05, 4.69) is 20.5 Å². The molecule has 0 aliphatic carbocycles. The molecule has 0 heterocycles. The Hall–Kier alpha value is -4.29. The molecular formula is C24H27N7O8S2. The summed E-state index contributed by atoms with van der Waals surface area (Å²) in [6.45, 7) is 3.41. The smallest absolute Gasteiger partial charge is 0.335 e. The van der Waals surface area contributed by atoms with E-state index in [-0.39, 0.29) is 58.4 Å². The van der Waals surface area contributed by atoms with Gasteiger partial charge in [0.05, 0.1) is 27.5 Å². The number of aromatic carboxylic acids is 1. The van der Waals surface area contributed by atoms with Crippen molar-refractivity contribution in [3.8, 4) is 5.75 Å². The first kappa shape index (κ1) is 31.2. The average molecular weight is 606 g/mol. The molecule has 0 radical (unpaired) electrons. The number of nitrogens with two attached hydrogens (primary N) is 2. The van der Waals surface area contributed by atoms with Crippen LogP contribution in [0.4, 0.5) is 28.4 Å². The number of hydrogen-bond acceptors (Lipinski definition) is 12. The normalized spacial score (nSPS) is 12.5. The molecular weight excluding hydrogens is 578 g/mol. The van der Waals surface area contributed by atoms with E-state index in [0.29, 0.717) is 0 Å². The zero-order valence-corrected chi connectivity index (χ0v) is 23.5. The van der Waals surface area contributed by atoms with Crippen molar-refractivity contribution >= 4 is 54.5 Å². The summed E-state index contributed by atoms with van der Waals surface area (Å²) >= 11 is 0. The van der Waals surface area contributed by atoms with Crippen LogP contribution in [0.15, 0.2) is 78.8 Å². The molecule has 0 aromatic heterocycles. The largest absolute Gasteiger partial charge is 0.506 e. The minimum atomic E-state index is -4.92. The maximum Gasteiger partial charge on any atom is 0.335 e. The maximum absolute atomic E-state index is 12.9. The van der Waals surface area contributed by atoms with Crippen molar-refractivity contribution in [2.75, 3.05) is 18.8 Å². The van der Waals surface area contributed by atoms with E-state index in [1.54, 1.807) is 13.8 Å². The van der Waals surface area contributed by atoms with Crippen LogP contribution in [-0.4, -0.2) is 55.0 Å². The fraction of sp³-hybridized carbons (Fsp3) is 0.208. The van der Waals surface area contributed by atoms with Gasteiger partial charge in [0.1, 0.15) is 22.0 Å². The molecule has 3 aromatic carbocycles. The Morgan fingerprint density at radius 2 is 1.59 bits per heavy atom. The van der Waals surface area contributed by atoms with Crippen molar-refractivity contribution in [1.82, 2.24) is 4.31 Å². The molecule has 0 aliphatic rings. The Kier molecular flexibility index (Phi) is 9.51. The topological polar surface area (TPSA) is 251 Å². The lowest BCUT2D eigenvalue weighted by molar-refractivity contribution is 0.0697. The number of rotatable bonds is 11. The average Bonchev–Trinajstić information content (AvgIpc) is 2.91. The molecule has 0 amide bonds. The Morgan fingerprint density at radius 1 is 0.927 bits per heavy atom. The number of carboxylic acid groups (broad SMARTS) is 1. The molecule has 0 saturated heterocycles. The lowest BCUT2D eigenvalue weighted by Crippen LogP contribution is -2.30. The summed E-state index contributed by atoms with van der Waals surface area (Å²) in [4.78, 5) is 10.3. The number of carbonyl (C=O) groups is 1. The van der Waals surface area contributed by atoms with Gasteiger partial charge < -0.3 is 21.7 Å². The number of benzene rings is 3. The van der Waals surface area contributed by atoms with Gasteiger partial charge in [0.15, 0.2) is 0 Å². The van der Waals surface area contributed by atoms with Gasteiger partial charge >= 0.3 is 5.97 Å². The Labute approximate surface area is 235 Å². The Morgan fingerprint density at radius 3 is 2.17 bits per heavy atom. The standard InChI is InChI=1S/C24H27N7O8S2/c1-3-31(4-2)40(35,36)16-8-9-20(32)19(11-16)29-30-23-17(13-25)18(12-21(22(23)26)41(37,38)39)28-27-15-7-5-6-14(10-15)24(33)34/h5-12,32H,3-4,13,25-26H2,1-2H3,(H,33,34)(H,37,38,39).